The summed E-state index contributed by atoms with van der Waals surface area (Å²) in [6, 6.07) is 14.1. The number of likely N-dealkylation sites (N-methyl/N-ethyl adjacent to an activating group) is 1. The summed E-state index contributed by atoms with van der Waals surface area (Å²) in [6.07, 6.45) is 3.28. The molecule has 4 rings (SSSR count). The van der Waals surface area contributed by atoms with Crippen molar-refractivity contribution in [3.05, 3.63) is 71.0 Å². The minimum atomic E-state index is -0.356. The fraction of sp³-hybridized carbons (Fsp3) is 0.375. The van der Waals surface area contributed by atoms with E-state index in [4.69, 9.17) is 0 Å². The number of carbonyl (C=O) groups excluding carboxylic acids is 2. The van der Waals surface area contributed by atoms with E-state index in [-0.39, 0.29) is 36.1 Å². The minimum Gasteiger partial charge on any atom is -0.336 e. The molecule has 1 saturated carbocycles. The Kier molecular flexibility index (Phi) is 5.66. The van der Waals surface area contributed by atoms with Gasteiger partial charge >= 0.3 is 0 Å². The molecule has 1 aliphatic carbocycles. The smallest absolute Gasteiger partial charge is 0.262 e. The largest absolute Gasteiger partial charge is 0.336 e. The topological polar surface area (TPSA) is 53.0 Å². The number of benzene rings is 2. The maximum absolute atomic E-state index is 14.4. The number of hydrazone groups is 1. The van der Waals surface area contributed by atoms with Crippen molar-refractivity contribution in [1.29, 1.82) is 0 Å². The van der Waals surface area contributed by atoms with Crippen LogP contribution in [0.4, 0.5) is 4.39 Å². The van der Waals surface area contributed by atoms with E-state index < -0.39 is 0 Å². The summed E-state index contributed by atoms with van der Waals surface area (Å²) in [6.45, 7) is 1.97. The van der Waals surface area contributed by atoms with Gasteiger partial charge in [-0.05, 0) is 31.4 Å². The Hall–Kier alpha value is -3.02. The summed E-state index contributed by atoms with van der Waals surface area (Å²) in [7, 11) is 1.66. The lowest BCUT2D eigenvalue weighted by Gasteiger charge is -2.30. The average Bonchev–Trinajstić information content (AvgIpc) is 3.12. The Morgan fingerprint density at radius 2 is 1.83 bits per heavy atom. The van der Waals surface area contributed by atoms with Gasteiger partial charge in [-0.1, -0.05) is 54.4 Å². The molecule has 1 fully saturated rings. The molecule has 156 valence electrons. The van der Waals surface area contributed by atoms with Gasteiger partial charge in [-0.15, -0.1) is 0 Å². The lowest BCUT2D eigenvalue weighted by atomic mass is 9.84. The molecule has 2 aromatic carbocycles. The van der Waals surface area contributed by atoms with Gasteiger partial charge in [0.1, 0.15) is 12.4 Å². The highest BCUT2D eigenvalue weighted by molar-refractivity contribution is 6.03. The quantitative estimate of drug-likeness (QED) is 0.750. The van der Waals surface area contributed by atoms with E-state index in [0.717, 1.165) is 30.4 Å². The molecule has 6 heteroatoms. The SMILES string of the molecule is Cc1ccc([C@H]2CC(c3ccccc3F)=NN2C(=O)CN(C)C(=O)C2CCC2)cc1. The van der Waals surface area contributed by atoms with Gasteiger partial charge in [0.2, 0.25) is 5.91 Å². The predicted molar refractivity (Wildman–Crippen MR) is 113 cm³/mol. The number of aryl methyl sites for hydroxylation is 1. The Bertz CT molecular complexity index is 982. The molecule has 0 aromatic heterocycles. The number of hydrogen-bond donors (Lipinski definition) is 0. The van der Waals surface area contributed by atoms with Crippen molar-refractivity contribution in [2.24, 2.45) is 11.0 Å². The van der Waals surface area contributed by atoms with Crippen LogP contribution in [0.2, 0.25) is 0 Å². The molecule has 2 aliphatic rings. The van der Waals surface area contributed by atoms with E-state index in [1.165, 1.54) is 16.0 Å². The van der Waals surface area contributed by atoms with Gasteiger partial charge in [0.25, 0.3) is 5.91 Å². The van der Waals surface area contributed by atoms with Crippen LogP contribution in [0.1, 0.15) is 48.4 Å². The van der Waals surface area contributed by atoms with Gasteiger partial charge in [0.15, 0.2) is 0 Å². The van der Waals surface area contributed by atoms with Crippen LogP contribution in [0.5, 0.6) is 0 Å². The number of halogens is 1. The molecule has 0 spiro atoms. The Labute approximate surface area is 176 Å². The monoisotopic (exact) mass is 407 g/mol. The molecular formula is C24H26FN3O2. The molecule has 2 aromatic rings. The molecule has 0 radical (unpaired) electrons. The van der Waals surface area contributed by atoms with E-state index >= 15 is 0 Å². The van der Waals surface area contributed by atoms with E-state index in [9.17, 15) is 14.0 Å². The van der Waals surface area contributed by atoms with Crippen LogP contribution in [0.25, 0.3) is 0 Å². The number of amides is 2. The summed E-state index contributed by atoms with van der Waals surface area (Å²) in [4.78, 5) is 27.1. The summed E-state index contributed by atoms with van der Waals surface area (Å²) in [5.74, 6) is -0.571. The first-order chi connectivity index (χ1) is 14.4. The highest BCUT2D eigenvalue weighted by Crippen LogP contribution is 2.34. The minimum absolute atomic E-state index is 0.0130. The first kappa shape index (κ1) is 20.3. The van der Waals surface area contributed by atoms with Crippen LogP contribution in [0, 0.1) is 18.7 Å². The number of nitrogens with zero attached hydrogens (tertiary/aromatic N) is 3. The second-order valence-corrected chi connectivity index (χ2v) is 8.22. The van der Waals surface area contributed by atoms with E-state index in [1.54, 1.807) is 25.2 Å². The van der Waals surface area contributed by atoms with Crippen LogP contribution in [-0.4, -0.2) is 41.0 Å². The van der Waals surface area contributed by atoms with Crippen molar-refractivity contribution in [2.45, 2.75) is 38.6 Å². The maximum Gasteiger partial charge on any atom is 0.262 e. The molecule has 1 atom stereocenters. The maximum atomic E-state index is 14.4. The fourth-order valence-electron chi connectivity index (χ4n) is 3.97. The van der Waals surface area contributed by atoms with Crippen LogP contribution in [0.3, 0.4) is 0 Å². The first-order valence-electron chi connectivity index (χ1n) is 10.4. The zero-order valence-electron chi connectivity index (χ0n) is 17.3. The highest BCUT2D eigenvalue weighted by atomic mass is 19.1. The summed E-state index contributed by atoms with van der Waals surface area (Å²) in [5.41, 5.74) is 3.01. The Balaban J connectivity index is 1.59. The molecule has 0 saturated heterocycles. The van der Waals surface area contributed by atoms with Crippen molar-refractivity contribution in [1.82, 2.24) is 9.91 Å². The van der Waals surface area contributed by atoms with E-state index in [2.05, 4.69) is 5.10 Å². The second-order valence-electron chi connectivity index (χ2n) is 8.22. The molecule has 1 heterocycles. The molecule has 5 nitrogen and oxygen atoms in total. The average molecular weight is 407 g/mol. The number of carbonyl (C=O) groups is 2. The molecular weight excluding hydrogens is 381 g/mol. The molecule has 30 heavy (non-hydrogen) atoms. The van der Waals surface area contributed by atoms with Gasteiger partial charge < -0.3 is 4.90 Å². The van der Waals surface area contributed by atoms with E-state index in [1.807, 2.05) is 31.2 Å². The molecule has 1 aliphatic heterocycles. The van der Waals surface area contributed by atoms with Gasteiger partial charge in [-0.2, -0.15) is 5.10 Å². The second kappa shape index (κ2) is 8.38. The van der Waals surface area contributed by atoms with E-state index in [0.29, 0.717) is 17.7 Å². The van der Waals surface area contributed by atoms with Gasteiger partial charge in [-0.3, -0.25) is 9.59 Å². The van der Waals surface area contributed by atoms with Crippen LogP contribution >= 0.6 is 0 Å². The summed E-state index contributed by atoms with van der Waals surface area (Å²) >= 11 is 0. The third-order valence-corrected chi connectivity index (χ3v) is 6.02. The first-order valence-corrected chi connectivity index (χ1v) is 10.4. The van der Waals surface area contributed by atoms with Crippen molar-refractivity contribution >= 4 is 17.5 Å². The zero-order valence-corrected chi connectivity index (χ0v) is 17.3. The molecule has 2 amide bonds. The zero-order chi connectivity index (χ0) is 21.3. The van der Waals surface area contributed by atoms with Crippen LogP contribution < -0.4 is 0 Å². The Morgan fingerprint density at radius 3 is 2.47 bits per heavy atom. The normalized spacial score (nSPS) is 18.7. The highest BCUT2D eigenvalue weighted by Gasteiger charge is 2.35. The third-order valence-electron chi connectivity index (χ3n) is 6.02. The van der Waals surface area contributed by atoms with Crippen LogP contribution in [-0.2, 0) is 9.59 Å². The van der Waals surface area contributed by atoms with Crippen molar-refractivity contribution < 1.29 is 14.0 Å². The van der Waals surface area contributed by atoms with Gasteiger partial charge in [-0.25, -0.2) is 9.40 Å². The third kappa shape index (κ3) is 3.99. The predicted octanol–water partition coefficient (Wildman–Crippen LogP) is 4.07. The standard InChI is InChI=1S/C24H26FN3O2/c1-16-10-12-17(13-11-16)22-14-21(19-8-3-4-9-20(19)25)26-28(22)23(29)15-27(2)24(30)18-6-5-7-18/h3-4,8-13,18,22H,5-7,14-15H2,1-2H3/t22-/m1/s1. The molecule has 0 unspecified atom stereocenters. The van der Waals surface area contributed by atoms with Gasteiger partial charge in [0, 0.05) is 24.9 Å². The van der Waals surface area contributed by atoms with Crippen LogP contribution in [0.15, 0.2) is 53.6 Å². The molecule has 0 N–H and O–H groups in total. The van der Waals surface area contributed by atoms with Crippen molar-refractivity contribution in [2.75, 3.05) is 13.6 Å². The lowest BCUT2D eigenvalue weighted by Crippen LogP contribution is -2.42. The van der Waals surface area contributed by atoms with Crippen molar-refractivity contribution in [3.63, 3.8) is 0 Å². The summed E-state index contributed by atoms with van der Waals surface area (Å²) in [5, 5.41) is 5.94. The number of hydrogen-bond acceptors (Lipinski definition) is 3. The summed E-state index contributed by atoms with van der Waals surface area (Å²) < 4.78 is 14.4. The number of rotatable bonds is 5. The fourth-order valence-corrected chi connectivity index (χ4v) is 3.97. The Morgan fingerprint density at radius 1 is 1.13 bits per heavy atom. The van der Waals surface area contributed by atoms with Gasteiger partial charge in [0.05, 0.1) is 11.8 Å². The molecule has 0 bridgehead atoms. The lowest BCUT2D eigenvalue weighted by molar-refractivity contribution is -0.144. The van der Waals surface area contributed by atoms with Crippen molar-refractivity contribution in [3.8, 4) is 0 Å².